The first kappa shape index (κ1) is 24.3. The molecule has 12 heteroatoms. The van der Waals surface area contributed by atoms with Crippen molar-refractivity contribution in [3.05, 3.63) is 65.1 Å². The number of piperidine rings is 1. The van der Waals surface area contributed by atoms with Gasteiger partial charge in [-0.2, -0.15) is 18.3 Å². The summed E-state index contributed by atoms with van der Waals surface area (Å²) in [4.78, 5) is 27.8. The van der Waals surface area contributed by atoms with E-state index in [9.17, 15) is 22.8 Å². The van der Waals surface area contributed by atoms with E-state index >= 15 is 0 Å². The lowest BCUT2D eigenvalue weighted by atomic mass is 9.85. The molecule has 0 saturated carbocycles. The number of rotatable bonds is 5. The minimum Gasteiger partial charge on any atom is -0.480 e. The van der Waals surface area contributed by atoms with E-state index in [1.807, 2.05) is 30.3 Å². The number of hydrogen-bond acceptors (Lipinski definition) is 5. The summed E-state index contributed by atoms with van der Waals surface area (Å²) in [5.74, 6) is -0.830. The molecular weight excluding hydrogens is 465 g/mol. The van der Waals surface area contributed by atoms with Crippen molar-refractivity contribution >= 4 is 11.8 Å². The molecule has 186 valence electrons. The highest BCUT2D eigenvalue weighted by molar-refractivity contribution is 5.94. The van der Waals surface area contributed by atoms with Crippen molar-refractivity contribution in [1.82, 2.24) is 29.8 Å². The van der Waals surface area contributed by atoms with Gasteiger partial charge in [0.2, 0.25) is 5.88 Å². The van der Waals surface area contributed by atoms with Gasteiger partial charge in [0.05, 0.1) is 7.11 Å². The van der Waals surface area contributed by atoms with Crippen LogP contribution >= 0.6 is 0 Å². The molecule has 0 spiro atoms. The quantitative estimate of drug-likeness (QED) is 0.594. The molecule has 0 bridgehead atoms. The fraction of sp³-hybridized carbons (Fsp3) is 0.391. The van der Waals surface area contributed by atoms with Crippen molar-refractivity contribution in [3.63, 3.8) is 0 Å². The number of hydrogen-bond donors (Lipinski definition) is 1. The van der Waals surface area contributed by atoms with Gasteiger partial charge in [-0.15, -0.1) is 5.10 Å². The van der Waals surface area contributed by atoms with Crippen LogP contribution in [0, 0.1) is 0 Å². The van der Waals surface area contributed by atoms with E-state index in [-0.39, 0.29) is 17.5 Å². The normalized spacial score (nSPS) is 18.4. The molecule has 0 unspecified atom stereocenters. The lowest BCUT2D eigenvalue weighted by molar-refractivity contribution is -0.141. The van der Waals surface area contributed by atoms with Gasteiger partial charge >= 0.3 is 6.18 Å². The van der Waals surface area contributed by atoms with Gasteiger partial charge in [0.1, 0.15) is 11.4 Å². The molecule has 2 aromatic heterocycles. The van der Waals surface area contributed by atoms with E-state index in [1.165, 1.54) is 18.8 Å². The fourth-order valence-corrected chi connectivity index (χ4v) is 4.31. The van der Waals surface area contributed by atoms with Gasteiger partial charge in [-0.05, 0) is 12.0 Å². The summed E-state index contributed by atoms with van der Waals surface area (Å²) < 4.78 is 46.6. The highest BCUT2D eigenvalue weighted by atomic mass is 19.4. The number of methoxy groups -OCH3 is 1. The summed E-state index contributed by atoms with van der Waals surface area (Å²) in [5.41, 5.74) is -0.0500. The minimum atomic E-state index is -4.65. The molecular formula is C23H25F3N6O3. The average molecular weight is 490 g/mol. The summed E-state index contributed by atoms with van der Waals surface area (Å²) in [7, 11) is 4.42. The largest absolute Gasteiger partial charge is 0.480 e. The molecule has 2 atom stereocenters. The van der Waals surface area contributed by atoms with Crippen molar-refractivity contribution in [3.8, 4) is 5.88 Å². The van der Waals surface area contributed by atoms with Crippen molar-refractivity contribution in [2.75, 3.05) is 20.2 Å². The number of amides is 2. The van der Waals surface area contributed by atoms with E-state index in [0.717, 1.165) is 16.3 Å². The van der Waals surface area contributed by atoms with Crippen LogP contribution in [0.1, 0.15) is 44.6 Å². The number of carbonyl (C=O) groups is 2. The Labute approximate surface area is 199 Å². The van der Waals surface area contributed by atoms with Crippen LogP contribution in [0.15, 0.2) is 42.5 Å². The lowest BCUT2D eigenvalue weighted by Gasteiger charge is -2.39. The highest BCUT2D eigenvalue weighted by Crippen LogP contribution is 2.30. The SMILES string of the molecule is COc1cc(C(=O)N2CC[C@@H](NC(=O)c3cc(C(F)(F)F)nn3C)[C@@H](c3ccccc3)C2)n(C)n1. The van der Waals surface area contributed by atoms with E-state index in [4.69, 9.17) is 4.74 Å². The third-order valence-corrected chi connectivity index (χ3v) is 6.13. The zero-order valence-corrected chi connectivity index (χ0v) is 19.4. The van der Waals surface area contributed by atoms with Gasteiger partial charge < -0.3 is 15.0 Å². The third-order valence-electron chi connectivity index (χ3n) is 6.13. The first-order valence-corrected chi connectivity index (χ1v) is 10.9. The third kappa shape index (κ3) is 5.00. The molecule has 35 heavy (non-hydrogen) atoms. The molecule has 3 heterocycles. The number of benzene rings is 1. The molecule has 2 amide bonds. The van der Waals surface area contributed by atoms with E-state index < -0.39 is 23.8 Å². The maximum atomic E-state index is 13.2. The Morgan fingerprint density at radius 3 is 2.34 bits per heavy atom. The van der Waals surface area contributed by atoms with Crippen LogP contribution in [0.25, 0.3) is 0 Å². The molecule has 3 aromatic rings. The fourth-order valence-electron chi connectivity index (χ4n) is 4.31. The number of likely N-dealkylation sites (tertiary alicyclic amines) is 1. The Morgan fingerprint density at radius 1 is 1.06 bits per heavy atom. The summed E-state index contributed by atoms with van der Waals surface area (Å²) >= 11 is 0. The van der Waals surface area contributed by atoms with Gasteiger partial charge in [-0.3, -0.25) is 19.0 Å². The van der Waals surface area contributed by atoms with Crippen LogP contribution in [0.3, 0.4) is 0 Å². The predicted octanol–water partition coefficient (Wildman–Crippen LogP) is 2.61. The molecule has 0 radical (unpaired) electrons. The average Bonchev–Trinajstić information content (AvgIpc) is 3.42. The maximum Gasteiger partial charge on any atom is 0.435 e. The van der Waals surface area contributed by atoms with E-state index in [1.54, 1.807) is 18.0 Å². The summed E-state index contributed by atoms with van der Waals surface area (Å²) in [6, 6.07) is 11.3. The van der Waals surface area contributed by atoms with Crippen LogP contribution in [-0.4, -0.2) is 62.5 Å². The van der Waals surface area contributed by atoms with Crippen molar-refractivity contribution in [1.29, 1.82) is 0 Å². The van der Waals surface area contributed by atoms with Crippen LogP contribution in [0.5, 0.6) is 5.88 Å². The Hall–Kier alpha value is -3.83. The Bertz CT molecular complexity index is 1220. The van der Waals surface area contributed by atoms with E-state index in [0.29, 0.717) is 31.1 Å². The van der Waals surface area contributed by atoms with Gasteiger partial charge in [0.25, 0.3) is 11.8 Å². The lowest BCUT2D eigenvalue weighted by Crippen LogP contribution is -2.51. The van der Waals surface area contributed by atoms with Crippen LogP contribution in [-0.2, 0) is 20.3 Å². The van der Waals surface area contributed by atoms with Crippen LogP contribution in [0.2, 0.25) is 0 Å². The second-order valence-electron chi connectivity index (χ2n) is 8.37. The summed E-state index contributed by atoms with van der Waals surface area (Å²) in [6.07, 6.45) is -4.24. The smallest absolute Gasteiger partial charge is 0.435 e. The monoisotopic (exact) mass is 490 g/mol. The van der Waals surface area contributed by atoms with Gasteiger partial charge in [0, 0.05) is 51.3 Å². The zero-order valence-electron chi connectivity index (χ0n) is 19.4. The molecule has 1 aliphatic rings. The number of aryl methyl sites for hydroxylation is 2. The topological polar surface area (TPSA) is 94.3 Å². The van der Waals surface area contributed by atoms with Crippen LogP contribution < -0.4 is 10.1 Å². The highest BCUT2D eigenvalue weighted by Gasteiger charge is 2.37. The second-order valence-corrected chi connectivity index (χ2v) is 8.37. The molecule has 1 saturated heterocycles. The van der Waals surface area contributed by atoms with E-state index in [2.05, 4.69) is 15.5 Å². The Kier molecular flexibility index (Phi) is 6.55. The number of alkyl halides is 3. The van der Waals surface area contributed by atoms with Crippen LogP contribution in [0.4, 0.5) is 13.2 Å². The Balaban J connectivity index is 1.56. The number of halogens is 3. The number of aromatic nitrogens is 4. The summed E-state index contributed by atoms with van der Waals surface area (Å²) in [5, 5.41) is 10.4. The van der Waals surface area contributed by atoms with Crippen molar-refractivity contribution in [2.45, 2.75) is 24.6 Å². The number of nitrogens with one attached hydrogen (secondary N) is 1. The van der Waals surface area contributed by atoms with Gasteiger partial charge in [-0.25, -0.2) is 0 Å². The molecule has 9 nitrogen and oxygen atoms in total. The maximum absolute atomic E-state index is 13.2. The number of nitrogens with zero attached hydrogens (tertiary/aromatic N) is 5. The van der Waals surface area contributed by atoms with Crippen molar-refractivity contribution in [2.24, 2.45) is 14.1 Å². The molecule has 4 rings (SSSR count). The zero-order chi connectivity index (χ0) is 25.3. The minimum absolute atomic E-state index is 0.190. The van der Waals surface area contributed by atoms with Gasteiger partial charge in [0.15, 0.2) is 5.69 Å². The van der Waals surface area contributed by atoms with Crippen molar-refractivity contribution < 1.29 is 27.5 Å². The standard InChI is InChI=1S/C23H25F3N6O3/c1-30-17(11-19(28-30)23(24,25)26)21(33)27-16-9-10-32(13-15(16)14-7-5-4-6-8-14)22(34)18-12-20(35-3)29-31(18)2/h4-8,11-12,15-16H,9-10,13H2,1-3H3,(H,27,33)/t15-,16-/m1/s1. The molecule has 0 aliphatic carbocycles. The molecule has 1 fully saturated rings. The van der Waals surface area contributed by atoms with Gasteiger partial charge in [-0.1, -0.05) is 30.3 Å². The molecule has 1 aliphatic heterocycles. The molecule has 1 aromatic carbocycles. The second kappa shape index (κ2) is 9.43. The number of ether oxygens (including phenoxy) is 1. The predicted molar refractivity (Wildman–Crippen MR) is 119 cm³/mol. The first-order valence-electron chi connectivity index (χ1n) is 10.9. The molecule has 1 N–H and O–H groups in total. The summed E-state index contributed by atoms with van der Waals surface area (Å²) in [6.45, 7) is 0.653. The first-order chi connectivity index (χ1) is 16.6. The Morgan fingerprint density at radius 2 is 1.74 bits per heavy atom. The number of carbonyl (C=O) groups excluding carboxylic acids is 2.